The SMILES string of the molecule is COCCn1cnnc1C(C)NC(=O)Cn1nc(C)cc1N. The number of methoxy groups -OCH3 is 1. The number of nitrogens with zero attached hydrogens (tertiary/aromatic N) is 5. The molecule has 0 fully saturated rings. The van der Waals surface area contributed by atoms with Crippen molar-refractivity contribution in [3.63, 3.8) is 0 Å². The van der Waals surface area contributed by atoms with Gasteiger partial charge in [-0.2, -0.15) is 5.10 Å². The van der Waals surface area contributed by atoms with Crippen molar-refractivity contribution in [3.8, 4) is 0 Å². The molecular formula is C13H21N7O2. The van der Waals surface area contributed by atoms with Crippen LogP contribution in [0.1, 0.15) is 24.5 Å². The van der Waals surface area contributed by atoms with E-state index in [4.69, 9.17) is 10.5 Å². The van der Waals surface area contributed by atoms with Crippen molar-refractivity contribution in [3.05, 3.63) is 23.9 Å². The molecular weight excluding hydrogens is 286 g/mol. The van der Waals surface area contributed by atoms with Gasteiger partial charge in [0, 0.05) is 19.7 Å². The van der Waals surface area contributed by atoms with Crippen molar-refractivity contribution in [2.45, 2.75) is 33.0 Å². The summed E-state index contributed by atoms with van der Waals surface area (Å²) in [7, 11) is 1.63. The third-order valence-corrected chi connectivity index (χ3v) is 3.17. The van der Waals surface area contributed by atoms with Crippen LogP contribution in [0.25, 0.3) is 0 Å². The molecule has 2 rings (SSSR count). The predicted molar refractivity (Wildman–Crippen MR) is 79.8 cm³/mol. The largest absolute Gasteiger partial charge is 0.384 e. The Labute approximate surface area is 128 Å². The first kappa shape index (κ1) is 16.0. The van der Waals surface area contributed by atoms with E-state index >= 15 is 0 Å². The first-order valence-electron chi connectivity index (χ1n) is 6.97. The maximum atomic E-state index is 12.1. The first-order chi connectivity index (χ1) is 10.5. The zero-order valence-electron chi connectivity index (χ0n) is 13.0. The molecule has 0 aliphatic rings. The van der Waals surface area contributed by atoms with Crippen molar-refractivity contribution in [1.29, 1.82) is 0 Å². The number of carbonyl (C=O) groups excluding carboxylic acids is 1. The summed E-state index contributed by atoms with van der Waals surface area (Å²) in [4.78, 5) is 12.1. The fourth-order valence-electron chi connectivity index (χ4n) is 2.14. The molecule has 120 valence electrons. The molecule has 9 nitrogen and oxygen atoms in total. The zero-order chi connectivity index (χ0) is 16.1. The number of aromatic nitrogens is 5. The number of hydrogen-bond donors (Lipinski definition) is 2. The Kier molecular flexibility index (Phi) is 5.10. The highest BCUT2D eigenvalue weighted by molar-refractivity contribution is 5.76. The fourth-order valence-corrected chi connectivity index (χ4v) is 2.14. The maximum Gasteiger partial charge on any atom is 0.242 e. The van der Waals surface area contributed by atoms with Gasteiger partial charge in [0.1, 0.15) is 18.7 Å². The number of ether oxygens (including phenoxy) is 1. The lowest BCUT2D eigenvalue weighted by Gasteiger charge is -2.15. The molecule has 1 unspecified atom stereocenters. The Bertz CT molecular complexity index is 634. The smallest absolute Gasteiger partial charge is 0.242 e. The molecule has 9 heteroatoms. The van der Waals surface area contributed by atoms with Crippen molar-refractivity contribution < 1.29 is 9.53 Å². The quantitative estimate of drug-likeness (QED) is 0.738. The molecule has 0 bridgehead atoms. The molecule has 0 aliphatic carbocycles. The third kappa shape index (κ3) is 3.82. The van der Waals surface area contributed by atoms with Crippen LogP contribution in [0.2, 0.25) is 0 Å². The van der Waals surface area contributed by atoms with Crippen LogP contribution in [0, 0.1) is 6.92 Å². The number of amides is 1. The second-order valence-electron chi connectivity index (χ2n) is 5.03. The van der Waals surface area contributed by atoms with Gasteiger partial charge in [0.15, 0.2) is 5.82 Å². The highest BCUT2D eigenvalue weighted by Gasteiger charge is 2.16. The van der Waals surface area contributed by atoms with E-state index < -0.39 is 0 Å². The Morgan fingerprint density at radius 2 is 2.32 bits per heavy atom. The Morgan fingerprint density at radius 3 is 2.95 bits per heavy atom. The molecule has 2 heterocycles. The third-order valence-electron chi connectivity index (χ3n) is 3.17. The van der Waals surface area contributed by atoms with E-state index in [1.165, 1.54) is 4.68 Å². The predicted octanol–water partition coefficient (Wildman–Crippen LogP) is -0.111. The lowest BCUT2D eigenvalue weighted by Crippen LogP contribution is -2.32. The van der Waals surface area contributed by atoms with E-state index in [9.17, 15) is 4.79 Å². The standard InChI is InChI=1S/C13H21N7O2/c1-9-6-11(14)20(18-9)7-12(21)16-10(2)13-17-15-8-19(13)4-5-22-3/h6,8,10H,4-5,7,14H2,1-3H3,(H,16,21). The Balaban J connectivity index is 1.96. The molecule has 3 N–H and O–H groups in total. The average molecular weight is 307 g/mol. The van der Waals surface area contributed by atoms with Gasteiger partial charge in [-0.25, -0.2) is 4.68 Å². The second kappa shape index (κ2) is 7.03. The summed E-state index contributed by atoms with van der Waals surface area (Å²) in [6, 6.07) is 1.45. The lowest BCUT2D eigenvalue weighted by atomic mass is 10.3. The molecule has 0 saturated carbocycles. The van der Waals surface area contributed by atoms with Gasteiger partial charge in [0.05, 0.1) is 18.3 Å². The van der Waals surface area contributed by atoms with Gasteiger partial charge in [-0.3, -0.25) is 4.79 Å². The number of nitrogens with one attached hydrogen (secondary N) is 1. The van der Waals surface area contributed by atoms with E-state index in [1.807, 2.05) is 18.4 Å². The summed E-state index contributed by atoms with van der Waals surface area (Å²) < 4.78 is 8.35. The zero-order valence-corrected chi connectivity index (χ0v) is 13.0. The van der Waals surface area contributed by atoms with Gasteiger partial charge in [-0.05, 0) is 13.8 Å². The van der Waals surface area contributed by atoms with Crippen LogP contribution in [-0.4, -0.2) is 44.2 Å². The van der Waals surface area contributed by atoms with Crippen LogP contribution in [0.3, 0.4) is 0 Å². The first-order valence-corrected chi connectivity index (χ1v) is 6.97. The number of nitrogens with two attached hydrogens (primary N) is 1. The number of carbonyl (C=O) groups is 1. The molecule has 2 aromatic heterocycles. The molecule has 1 atom stereocenters. The van der Waals surface area contributed by atoms with E-state index in [-0.39, 0.29) is 18.5 Å². The van der Waals surface area contributed by atoms with E-state index in [1.54, 1.807) is 19.5 Å². The fraction of sp³-hybridized carbons (Fsp3) is 0.538. The van der Waals surface area contributed by atoms with Crippen molar-refractivity contribution in [2.75, 3.05) is 19.5 Å². The minimum absolute atomic E-state index is 0.0657. The second-order valence-corrected chi connectivity index (χ2v) is 5.03. The van der Waals surface area contributed by atoms with Crippen LogP contribution in [0.5, 0.6) is 0 Å². The lowest BCUT2D eigenvalue weighted by molar-refractivity contribution is -0.122. The molecule has 0 aromatic carbocycles. The number of aryl methyl sites for hydroxylation is 1. The maximum absolute atomic E-state index is 12.1. The summed E-state index contributed by atoms with van der Waals surface area (Å²) in [5.41, 5.74) is 6.55. The molecule has 2 aromatic rings. The number of hydrogen-bond acceptors (Lipinski definition) is 6. The van der Waals surface area contributed by atoms with Crippen LogP contribution in [-0.2, 0) is 22.6 Å². The number of anilines is 1. The average Bonchev–Trinajstić information content (AvgIpc) is 3.03. The van der Waals surface area contributed by atoms with Gasteiger partial charge in [0.25, 0.3) is 0 Å². The number of rotatable bonds is 7. The van der Waals surface area contributed by atoms with E-state index in [0.717, 1.165) is 5.69 Å². The van der Waals surface area contributed by atoms with Crippen molar-refractivity contribution in [1.82, 2.24) is 29.9 Å². The topological polar surface area (TPSA) is 113 Å². The minimum atomic E-state index is -0.273. The number of nitrogen functional groups attached to an aromatic ring is 1. The van der Waals surface area contributed by atoms with Gasteiger partial charge < -0.3 is 20.4 Å². The monoisotopic (exact) mass is 307 g/mol. The van der Waals surface area contributed by atoms with Crippen LogP contribution < -0.4 is 11.1 Å². The summed E-state index contributed by atoms with van der Waals surface area (Å²) >= 11 is 0. The summed E-state index contributed by atoms with van der Waals surface area (Å²) in [6.07, 6.45) is 1.62. The van der Waals surface area contributed by atoms with Gasteiger partial charge in [-0.15, -0.1) is 10.2 Å². The normalized spacial score (nSPS) is 12.3. The van der Waals surface area contributed by atoms with Crippen molar-refractivity contribution >= 4 is 11.7 Å². The summed E-state index contributed by atoms with van der Waals surface area (Å²) in [5, 5.41) is 14.9. The van der Waals surface area contributed by atoms with Crippen molar-refractivity contribution in [2.24, 2.45) is 0 Å². The van der Waals surface area contributed by atoms with Crippen LogP contribution >= 0.6 is 0 Å². The minimum Gasteiger partial charge on any atom is -0.384 e. The van der Waals surface area contributed by atoms with Crippen LogP contribution in [0.4, 0.5) is 5.82 Å². The molecule has 0 saturated heterocycles. The molecule has 1 amide bonds. The highest BCUT2D eigenvalue weighted by Crippen LogP contribution is 2.10. The highest BCUT2D eigenvalue weighted by atomic mass is 16.5. The van der Waals surface area contributed by atoms with Gasteiger partial charge in [-0.1, -0.05) is 0 Å². The molecule has 0 spiro atoms. The summed E-state index contributed by atoms with van der Waals surface area (Å²) in [5.74, 6) is 0.946. The molecule has 22 heavy (non-hydrogen) atoms. The van der Waals surface area contributed by atoms with E-state index in [0.29, 0.717) is 24.8 Å². The summed E-state index contributed by atoms with van der Waals surface area (Å²) in [6.45, 7) is 4.92. The Morgan fingerprint density at radius 1 is 1.55 bits per heavy atom. The molecule has 0 radical (unpaired) electrons. The Hall–Kier alpha value is -2.42. The van der Waals surface area contributed by atoms with E-state index in [2.05, 4.69) is 20.6 Å². The van der Waals surface area contributed by atoms with Gasteiger partial charge in [0.2, 0.25) is 5.91 Å². The van der Waals surface area contributed by atoms with Gasteiger partial charge >= 0.3 is 0 Å². The van der Waals surface area contributed by atoms with Crippen LogP contribution in [0.15, 0.2) is 12.4 Å². The molecule has 0 aliphatic heterocycles.